The van der Waals surface area contributed by atoms with Gasteiger partial charge in [0.1, 0.15) is 10.8 Å². The molecule has 0 spiro atoms. The lowest BCUT2D eigenvalue weighted by molar-refractivity contribution is -0.140. The average molecular weight is 448 g/mol. The summed E-state index contributed by atoms with van der Waals surface area (Å²) in [5.41, 5.74) is -0.787. The van der Waals surface area contributed by atoms with E-state index in [4.69, 9.17) is 51.1 Å². The van der Waals surface area contributed by atoms with E-state index in [1.165, 1.54) is 25.3 Å². The smallest absolute Gasteiger partial charge is 0.417 e. The molecule has 0 heterocycles. The van der Waals surface area contributed by atoms with E-state index in [0.717, 1.165) is 0 Å². The Hall–Kier alpha value is -1.34. The summed E-state index contributed by atoms with van der Waals surface area (Å²) in [6.45, 7) is 0. The molecule has 0 aromatic heterocycles. The third-order valence-corrected chi connectivity index (χ3v) is 4.72. The van der Waals surface area contributed by atoms with Crippen molar-refractivity contribution in [2.75, 3.05) is 7.11 Å². The zero-order valence-corrected chi connectivity index (χ0v) is 15.9. The number of carbonyl (C=O) groups excluding carboxylic acids is 1. The topological polar surface area (TPSA) is 35.5 Å². The molecule has 140 valence electrons. The maximum Gasteiger partial charge on any atom is 0.417 e. The fraction of sp³-hybridized carbons (Fsp3) is 0.188. The SMILES string of the molecule is COC(=O)Cc1cc(Oc2c(Cl)cc(C(F)(F)F)c(Cl)c2Cl)ccc1Cl. The van der Waals surface area contributed by atoms with E-state index in [1.807, 2.05) is 0 Å². The highest BCUT2D eigenvalue weighted by atomic mass is 35.5. The molecule has 0 atom stereocenters. The molecule has 0 radical (unpaired) electrons. The Balaban J connectivity index is 2.42. The van der Waals surface area contributed by atoms with Gasteiger partial charge in [-0.25, -0.2) is 0 Å². The molecule has 2 aromatic rings. The molecule has 0 amide bonds. The van der Waals surface area contributed by atoms with Crippen molar-refractivity contribution in [3.8, 4) is 11.5 Å². The number of benzene rings is 2. The van der Waals surface area contributed by atoms with Crippen molar-refractivity contribution in [3.63, 3.8) is 0 Å². The average Bonchev–Trinajstić information content (AvgIpc) is 2.56. The van der Waals surface area contributed by atoms with Gasteiger partial charge in [-0.15, -0.1) is 0 Å². The lowest BCUT2D eigenvalue weighted by Gasteiger charge is -2.16. The summed E-state index contributed by atoms with van der Waals surface area (Å²) >= 11 is 23.5. The lowest BCUT2D eigenvalue weighted by atomic mass is 10.1. The van der Waals surface area contributed by atoms with Crippen molar-refractivity contribution in [2.24, 2.45) is 0 Å². The Labute approximate surface area is 166 Å². The van der Waals surface area contributed by atoms with Crippen LogP contribution < -0.4 is 4.74 Å². The minimum Gasteiger partial charge on any atom is -0.469 e. The summed E-state index contributed by atoms with van der Waals surface area (Å²) in [4.78, 5) is 11.4. The summed E-state index contributed by atoms with van der Waals surface area (Å²) < 4.78 is 48.8. The van der Waals surface area contributed by atoms with Crippen LogP contribution in [0.3, 0.4) is 0 Å². The normalized spacial score (nSPS) is 11.4. The molecule has 0 fully saturated rings. The molecule has 0 saturated carbocycles. The largest absolute Gasteiger partial charge is 0.469 e. The Morgan fingerprint density at radius 2 is 1.69 bits per heavy atom. The third-order valence-electron chi connectivity index (χ3n) is 3.22. The van der Waals surface area contributed by atoms with E-state index in [9.17, 15) is 18.0 Å². The number of hydrogen-bond donors (Lipinski definition) is 0. The van der Waals surface area contributed by atoms with Crippen LogP contribution in [0.2, 0.25) is 20.1 Å². The van der Waals surface area contributed by atoms with Crippen LogP contribution in [0, 0.1) is 0 Å². The van der Waals surface area contributed by atoms with Crippen molar-refractivity contribution in [2.45, 2.75) is 12.6 Å². The lowest BCUT2D eigenvalue weighted by Crippen LogP contribution is -2.07. The van der Waals surface area contributed by atoms with E-state index in [1.54, 1.807) is 0 Å². The number of esters is 1. The summed E-state index contributed by atoms with van der Waals surface area (Å²) in [5, 5.41) is -1.32. The number of hydrogen-bond acceptors (Lipinski definition) is 3. The monoisotopic (exact) mass is 446 g/mol. The molecule has 0 aliphatic heterocycles. The number of carbonyl (C=O) groups is 1. The first-order valence-corrected chi connectivity index (χ1v) is 8.33. The van der Waals surface area contributed by atoms with Crippen LogP contribution in [0.25, 0.3) is 0 Å². The van der Waals surface area contributed by atoms with E-state index in [2.05, 4.69) is 4.74 Å². The minimum atomic E-state index is -4.73. The van der Waals surface area contributed by atoms with Crippen LogP contribution in [0.15, 0.2) is 24.3 Å². The van der Waals surface area contributed by atoms with Crippen LogP contribution in [0.5, 0.6) is 11.5 Å². The highest BCUT2D eigenvalue weighted by Gasteiger charge is 2.36. The Kier molecular flexibility index (Phi) is 6.55. The summed E-state index contributed by atoms with van der Waals surface area (Å²) in [6.07, 6.45) is -4.85. The van der Waals surface area contributed by atoms with E-state index < -0.39 is 27.8 Å². The van der Waals surface area contributed by atoms with Gasteiger partial charge < -0.3 is 9.47 Å². The fourth-order valence-corrected chi connectivity index (χ4v) is 2.94. The number of methoxy groups -OCH3 is 1. The van der Waals surface area contributed by atoms with Gasteiger partial charge >= 0.3 is 12.1 Å². The van der Waals surface area contributed by atoms with Gasteiger partial charge in [0, 0.05) is 5.02 Å². The van der Waals surface area contributed by atoms with Gasteiger partial charge in [-0.05, 0) is 29.8 Å². The van der Waals surface area contributed by atoms with E-state index in [-0.39, 0.29) is 28.0 Å². The molecular formula is C16H9Cl4F3O3. The van der Waals surface area contributed by atoms with Gasteiger partial charge in [0.2, 0.25) is 0 Å². The van der Waals surface area contributed by atoms with Gasteiger partial charge in [0.15, 0.2) is 5.75 Å². The Bertz CT molecular complexity index is 854. The first-order chi connectivity index (χ1) is 12.0. The molecule has 0 N–H and O–H groups in total. The summed E-state index contributed by atoms with van der Waals surface area (Å²) in [7, 11) is 1.22. The molecule has 10 heteroatoms. The van der Waals surface area contributed by atoms with Gasteiger partial charge in [-0.1, -0.05) is 46.4 Å². The van der Waals surface area contributed by atoms with Crippen molar-refractivity contribution in [1.82, 2.24) is 0 Å². The second kappa shape index (κ2) is 8.13. The van der Waals surface area contributed by atoms with Crippen LogP contribution in [-0.2, 0) is 22.1 Å². The number of halogens is 7. The first-order valence-electron chi connectivity index (χ1n) is 6.82. The fourth-order valence-electron chi connectivity index (χ4n) is 1.97. The molecule has 0 aliphatic rings. The highest BCUT2D eigenvalue weighted by Crippen LogP contribution is 2.47. The van der Waals surface area contributed by atoms with Crippen molar-refractivity contribution < 1.29 is 27.4 Å². The maximum absolute atomic E-state index is 12.9. The van der Waals surface area contributed by atoms with Gasteiger partial charge in [0.05, 0.1) is 29.1 Å². The van der Waals surface area contributed by atoms with Crippen LogP contribution in [0.1, 0.15) is 11.1 Å². The highest BCUT2D eigenvalue weighted by molar-refractivity contribution is 6.45. The molecule has 0 unspecified atom stereocenters. The predicted octanol–water partition coefficient (Wildman–Crippen LogP) is 6.83. The first kappa shape index (κ1) is 21.0. The van der Waals surface area contributed by atoms with Crippen LogP contribution in [0.4, 0.5) is 13.2 Å². The van der Waals surface area contributed by atoms with Crippen molar-refractivity contribution in [3.05, 3.63) is 55.5 Å². The minimum absolute atomic E-state index is 0.123. The molecule has 0 bridgehead atoms. The van der Waals surface area contributed by atoms with Crippen LogP contribution >= 0.6 is 46.4 Å². The van der Waals surface area contributed by atoms with E-state index >= 15 is 0 Å². The summed E-state index contributed by atoms with van der Waals surface area (Å²) in [5.74, 6) is -0.636. The van der Waals surface area contributed by atoms with Gasteiger partial charge in [-0.3, -0.25) is 4.79 Å². The molecular weight excluding hydrogens is 439 g/mol. The molecule has 3 nitrogen and oxygen atoms in total. The standard InChI is InChI=1S/C16H9Cl4F3O3/c1-25-12(24)5-7-4-8(2-3-10(7)17)26-15-11(18)6-9(16(21,22)23)13(19)14(15)20/h2-4,6H,5H2,1H3. The number of alkyl halides is 3. The Morgan fingerprint density at radius 3 is 2.27 bits per heavy atom. The predicted molar refractivity (Wildman–Crippen MR) is 93.7 cm³/mol. The third kappa shape index (κ3) is 4.68. The van der Waals surface area contributed by atoms with Crippen molar-refractivity contribution >= 4 is 52.4 Å². The molecule has 0 aliphatic carbocycles. The number of rotatable bonds is 4. The number of ether oxygens (including phenoxy) is 2. The zero-order valence-electron chi connectivity index (χ0n) is 12.9. The van der Waals surface area contributed by atoms with E-state index in [0.29, 0.717) is 11.6 Å². The maximum atomic E-state index is 12.9. The molecule has 0 saturated heterocycles. The molecule has 26 heavy (non-hydrogen) atoms. The second-order valence-electron chi connectivity index (χ2n) is 4.97. The zero-order chi connectivity index (χ0) is 19.6. The quantitative estimate of drug-likeness (QED) is 0.380. The molecule has 2 aromatic carbocycles. The van der Waals surface area contributed by atoms with Gasteiger partial charge in [-0.2, -0.15) is 13.2 Å². The van der Waals surface area contributed by atoms with Gasteiger partial charge in [0.25, 0.3) is 0 Å². The summed E-state index contributed by atoms with van der Waals surface area (Å²) in [6, 6.07) is 4.91. The Morgan fingerprint density at radius 1 is 1.04 bits per heavy atom. The molecule has 2 rings (SSSR count). The van der Waals surface area contributed by atoms with Crippen LogP contribution in [-0.4, -0.2) is 13.1 Å². The van der Waals surface area contributed by atoms with Crippen molar-refractivity contribution in [1.29, 1.82) is 0 Å². The second-order valence-corrected chi connectivity index (χ2v) is 6.54.